The Bertz CT molecular complexity index is 345. The van der Waals surface area contributed by atoms with Crippen molar-refractivity contribution in [3.63, 3.8) is 0 Å². The summed E-state index contributed by atoms with van der Waals surface area (Å²) in [5.41, 5.74) is 0.804. The van der Waals surface area contributed by atoms with E-state index in [0.717, 1.165) is 5.69 Å². The molecule has 0 aromatic heterocycles. The van der Waals surface area contributed by atoms with Crippen LogP contribution < -0.4 is 5.32 Å². The average molecular weight is 220 g/mol. The molecule has 86 valence electrons. The summed E-state index contributed by atoms with van der Waals surface area (Å²) in [5.74, 6) is 0. The zero-order chi connectivity index (χ0) is 11.4. The highest BCUT2D eigenvalue weighted by Gasteiger charge is 2.20. The standard InChI is InChI=1S/C12H16N2O2/c15-11-6-8-14(9-7-11)12(16)13-10-4-2-1-3-5-10/h1-5,11,15H,6-9H2,(H,13,16). The number of aliphatic hydroxyl groups excluding tert-OH is 1. The number of anilines is 1. The number of nitrogens with one attached hydrogen (secondary N) is 1. The number of piperidine rings is 1. The number of carbonyl (C=O) groups excluding carboxylic acids is 1. The molecule has 1 aliphatic heterocycles. The molecule has 4 nitrogen and oxygen atoms in total. The highest BCUT2D eigenvalue weighted by atomic mass is 16.3. The molecule has 0 aliphatic carbocycles. The molecular formula is C12H16N2O2. The second-order valence-corrected chi connectivity index (χ2v) is 4.01. The van der Waals surface area contributed by atoms with Crippen molar-refractivity contribution in [1.29, 1.82) is 0 Å². The van der Waals surface area contributed by atoms with Gasteiger partial charge in [0.1, 0.15) is 0 Å². The number of nitrogens with zero attached hydrogens (tertiary/aromatic N) is 1. The van der Waals surface area contributed by atoms with Crippen molar-refractivity contribution in [2.75, 3.05) is 18.4 Å². The Morgan fingerprint density at radius 2 is 1.88 bits per heavy atom. The number of aliphatic hydroxyl groups is 1. The number of hydrogen-bond donors (Lipinski definition) is 2. The van der Waals surface area contributed by atoms with Gasteiger partial charge in [-0.2, -0.15) is 0 Å². The molecule has 4 heteroatoms. The van der Waals surface area contributed by atoms with E-state index in [1.807, 2.05) is 30.3 Å². The molecule has 2 rings (SSSR count). The van der Waals surface area contributed by atoms with E-state index in [-0.39, 0.29) is 12.1 Å². The predicted molar refractivity (Wildman–Crippen MR) is 62.3 cm³/mol. The lowest BCUT2D eigenvalue weighted by atomic mass is 10.1. The molecule has 0 saturated carbocycles. The first-order chi connectivity index (χ1) is 7.75. The quantitative estimate of drug-likeness (QED) is 0.756. The van der Waals surface area contributed by atoms with E-state index in [0.29, 0.717) is 25.9 Å². The molecule has 0 radical (unpaired) electrons. The van der Waals surface area contributed by atoms with Crippen LogP contribution in [0, 0.1) is 0 Å². The molecule has 0 atom stereocenters. The summed E-state index contributed by atoms with van der Waals surface area (Å²) in [6.07, 6.45) is 1.09. The number of benzene rings is 1. The van der Waals surface area contributed by atoms with Crippen LogP contribution in [0.3, 0.4) is 0 Å². The highest BCUT2D eigenvalue weighted by Crippen LogP contribution is 2.12. The van der Waals surface area contributed by atoms with Crippen LogP contribution in [0.2, 0.25) is 0 Å². The Hall–Kier alpha value is -1.55. The van der Waals surface area contributed by atoms with Crippen molar-refractivity contribution in [3.8, 4) is 0 Å². The third-order valence-electron chi connectivity index (χ3n) is 2.78. The molecule has 0 bridgehead atoms. The summed E-state index contributed by atoms with van der Waals surface area (Å²) in [7, 11) is 0. The molecule has 2 N–H and O–H groups in total. The topological polar surface area (TPSA) is 52.6 Å². The zero-order valence-corrected chi connectivity index (χ0v) is 9.10. The van der Waals surface area contributed by atoms with Crippen LogP contribution in [0.5, 0.6) is 0 Å². The normalized spacial score (nSPS) is 17.2. The van der Waals surface area contributed by atoms with Gasteiger partial charge in [-0.05, 0) is 25.0 Å². The number of rotatable bonds is 1. The lowest BCUT2D eigenvalue weighted by Gasteiger charge is -2.29. The van der Waals surface area contributed by atoms with E-state index in [4.69, 9.17) is 0 Å². The predicted octanol–water partition coefficient (Wildman–Crippen LogP) is 1.68. The van der Waals surface area contributed by atoms with Gasteiger partial charge in [0.15, 0.2) is 0 Å². The summed E-state index contributed by atoms with van der Waals surface area (Å²) in [6, 6.07) is 9.31. The third-order valence-corrected chi connectivity index (χ3v) is 2.78. The molecule has 16 heavy (non-hydrogen) atoms. The second kappa shape index (κ2) is 4.99. The number of amides is 2. The van der Waals surface area contributed by atoms with E-state index in [1.165, 1.54) is 0 Å². The van der Waals surface area contributed by atoms with Gasteiger partial charge in [-0.3, -0.25) is 0 Å². The minimum absolute atomic E-state index is 0.0851. The number of hydrogen-bond acceptors (Lipinski definition) is 2. The maximum atomic E-state index is 11.8. The van der Waals surface area contributed by atoms with Gasteiger partial charge in [0.25, 0.3) is 0 Å². The summed E-state index contributed by atoms with van der Waals surface area (Å²) >= 11 is 0. The Kier molecular flexibility index (Phi) is 3.41. The van der Waals surface area contributed by atoms with Gasteiger partial charge in [0, 0.05) is 18.8 Å². The Balaban J connectivity index is 1.89. The average Bonchev–Trinajstić information content (AvgIpc) is 2.31. The smallest absolute Gasteiger partial charge is 0.321 e. The Labute approximate surface area is 94.9 Å². The third kappa shape index (κ3) is 2.73. The van der Waals surface area contributed by atoms with Crippen molar-refractivity contribution < 1.29 is 9.90 Å². The highest BCUT2D eigenvalue weighted by molar-refractivity contribution is 5.89. The number of urea groups is 1. The van der Waals surface area contributed by atoms with Crippen molar-refractivity contribution >= 4 is 11.7 Å². The van der Waals surface area contributed by atoms with Gasteiger partial charge < -0.3 is 15.3 Å². The van der Waals surface area contributed by atoms with Crippen molar-refractivity contribution in [2.45, 2.75) is 18.9 Å². The van der Waals surface area contributed by atoms with Crippen LogP contribution in [0.25, 0.3) is 0 Å². The van der Waals surface area contributed by atoms with Crippen molar-refractivity contribution in [1.82, 2.24) is 4.90 Å². The first-order valence-electron chi connectivity index (χ1n) is 5.55. The fraction of sp³-hybridized carbons (Fsp3) is 0.417. The first-order valence-corrected chi connectivity index (χ1v) is 5.55. The van der Waals surface area contributed by atoms with Crippen molar-refractivity contribution in [2.24, 2.45) is 0 Å². The SMILES string of the molecule is O=C(Nc1ccccc1)N1CCC(O)CC1. The minimum Gasteiger partial charge on any atom is -0.393 e. The fourth-order valence-electron chi connectivity index (χ4n) is 1.79. The van der Waals surface area contributed by atoms with Gasteiger partial charge in [-0.25, -0.2) is 4.79 Å². The molecule has 1 aromatic rings. The molecule has 1 fully saturated rings. The first kappa shape index (κ1) is 11.0. The maximum absolute atomic E-state index is 11.8. The van der Waals surface area contributed by atoms with Gasteiger partial charge in [-0.1, -0.05) is 18.2 Å². The Morgan fingerprint density at radius 3 is 2.50 bits per heavy atom. The largest absolute Gasteiger partial charge is 0.393 e. The summed E-state index contributed by atoms with van der Waals surface area (Å²) < 4.78 is 0. The van der Waals surface area contributed by atoms with Crippen LogP contribution in [0.1, 0.15) is 12.8 Å². The monoisotopic (exact) mass is 220 g/mol. The minimum atomic E-state index is -0.249. The van der Waals surface area contributed by atoms with Crippen LogP contribution in [-0.2, 0) is 0 Å². The molecule has 2 amide bonds. The van der Waals surface area contributed by atoms with Crippen molar-refractivity contribution in [3.05, 3.63) is 30.3 Å². The summed E-state index contributed by atoms with van der Waals surface area (Å²) in [6.45, 7) is 1.25. The lowest BCUT2D eigenvalue weighted by molar-refractivity contribution is 0.0972. The molecule has 1 aliphatic rings. The van der Waals surface area contributed by atoms with Crippen LogP contribution in [-0.4, -0.2) is 35.2 Å². The molecular weight excluding hydrogens is 204 g/mol. The fourth-order valence-corrected chi connectivity index (χ4v) is 1.79. The van der Waals surface area contributed by atoms with Gasteiger partial charge >= 0.3 is 6.03 Å². The van der Waals surface area contributed by atoms with E-state index < -0.39 is 0 Å². The van der Waals surface area contributed by atoms with Gasteiger partial charge in [0.2, 0.25) is 0 Å². The molecule has 1 heterocycles. The van der Waals surface area contributed by atoms with E-state index in [1.54, 1.807) is 4.90 Å². The maximum Gasteiger partial charge on any atom is 0.321 e. The second-order valence-electron chi connectivity index (χ2n) is 4.01. The van der Waals surface area contributed by atoms with E-state index in [9.17, 15) is 9.90 Å². The molecule has 1 saturated heterocycles. The van der Waals surface area contributed by atoms with E-state index in [2.05, 4.69) is 5.32 Å². The summed E-state index contributed by atoms with van der Waals surface area (Å²) in [5, 5.41) is 12.2. The Morgan fingerprint density at radius 1 is 1.25 bits per heavy atom. The number of carbonyl (C=O) groups is 1. The number of para-hydroxylation sites is 1. The summed E-state index contributed by atoms with van der Waals surface area (Å²) in [4.78, 5) is 13.5. The lowest BCUT2D eigenvalue weighted by Crippen LogP contribution is -2.42. The van der Waals surface area contributed by atoms with Gasteiger partial charge in [-0.15, -0.1) is 0 Å². The van der Waals surface area contributed by atoms with Gasteiger partial charge in [0.05, 0.1) is 6.10 Å². The van der Waals surface area contributed by atoms with E-state index >= 15 is 0 Å². The van der Waals surface area contributed by atoms with Crippen LogP contribution >= 0.6 is 0 Å². The van der Waals surface area contributed by atoms with Crippen LogP contribution in [0.4, 0.5) is 10.5 Å². The molecule has 0 spiro atoms. The molecule has 1 aromatic carbocycles. The van der Waals surface area contributed by atoms with Crippen LogP contribution in [0.15, 0.2) is 30.3 Å². The molecule has 0 unspecified atom stereocenters. The zero-order valence-electron chi connectivity index (χ0n) is 9.10. The number of likely N-dealkylation sites (tertiary alicyclic amines) is 1.